The fourth-order valence-electron chi connectivity index (χ4n) is 8.54. The lowest BCUT2D eigenvalue weighted by molar-refractivity contribution is 0.631. The number of fused-ring (bicyclic) bond motifs is 6. The first-order valence-corrected chi connectivity index (χ1v) is 20.1. The van der Waals surface area contributed by atoms with Gasteiger partial charge in [-0.1, -0.05) is 157 Å². The lowest BCUT2D eigenvalue weighted by Crippen LogP contribution is -2.30. The van der Waals surface area contributed by atoms with Gasteiger partial charge in [-0.05, 0) is 117 Å². The van der Waals surface area contributed by atoms with Gasteiger partial charge in [-0.2, -0.15) is 0 Å². The fraction of sp³-hybridized carbons (Fsp3) is 0.120. The predicted molar refractivity (Wildman–Crippen MR) is 237 cm³/mol. The summed E-state index contributed by atoms with van der Waals surface area (Å²) in [6, 6.07) is 61.3. The Hall–Kier alpha value is -5.16. The van der Waals surface area contributed by atoms with Crippen LogP contribution >= 0.6 is 31.9 Å². The fourth-order valence-corrected chi connectivity index (χ4v) is 9.26. The number of hydrogen-bond acceptors (Lipinski definition) is 2. The Morgan fingerprint density at radius 3 is 1.13 bits per heavy atom. The number of rotatable bonds is 2. The average molecular weight is 829 g/mol. The summed E-state index contributed by atoms with van der Waals surface area (Å²) < 4.78 is 2.22. The summed E-state index contributed by atoms with van der Waals surface area (Å²) in [4.78, 5) is 4.80. The molecule has 0 fully saturated rings. The van der Waals surface area contributed by atoms with E-state index >= 15 is 0 Å². The first-order valence-electron chi connectivity index (χ1n) is 18.5. The van der Waals surface area contributed by atoms with Gasteiger partial charge in [0.15, 0.2) is 0 Å². The predicted octanol–water partition coefficient (Wildman–Crippen LogP) is 15.4. The van der Waals surface area contributed by atoms with E-state index < -0.39 is 0 Å². The third kappa shape index (κ3) is 5.75. The van der Waals surface area contributed by atoms with Crippen LogP contribution in [0.1, 0.15) is 49.9 Å². The Balaban J connectivity index is 0.000000143. The molecule has 2 aliphatic heterocycles. The molecule has 264 valence electrons. The number of halogens is 2. The number of hydrogen-bond donors (Lipinski definition) is 0. The molecule has 2 heterocycles. The van der Waals surface area contributed by atoms with Crippen LogP contribution in [-0.2, 0) is 10.8 Å². The van der Waals surface area contributed by atoms with Gasteiger partial charge in [-0.3, -0.25) is 0 Å². The first kappa shape index (κ1) is 34.6. The van der Waals surface area contributed by atoms with E-state index in [1.54, 1.807) is 0 Å². The Morgan fingerprint density at radius 1 is 0.333 bits per heavy atom. The van der Waals surface area contributed by atoms with Crippen molar-refractivity contribution in [2.45, 2.75) is 38.5 Å². The maximum Gasteiger partial charge on any atom is 0.0503 e. The summed E-state index contributed by atoms with van der Waals surface area (Å²) in [5.41, 5.74) is 12.7. The van der Waals surface area contributed by atoms with Gasteiger partial charge in [0, 0.05) is 31.2 Å². The zero-order valence-electron chi connectivity index (χ0n) is 30.8. The minimum absolute atomic E-state index is 0.0134. The van der Waals surface area contributed by atoms with Crippen LogP contribution in [-0.4, -0.2) is 0 Å². The summed E-state index contributed by atoms with van der Waals surface area (Å²) in [5.74, 6) is 0. The van der Waals surface area contributed by atoms with Crippen molar-refractivity contribution in [1.82, 2.24) is 0 Å². The van der Waals surface area contributed by atoms with Crippen molar-refractivity contribution < 1.29 is 0 Å². The number of para-hydroxylation sites is 2. The molecule has 54 heavy (non-hydrogen) atoms. The third-order valence-electron chi connectivity index (χ3n) is 11.4. The Labute approximate surface area is 335 Å². The molecule has 10 rings (SSSR count). The molecule has 2 aliphatic rings. The minimum Gasteiger partial charge on any atom is -0.310 e. The molecular weight excluding hydrogens is 788 g/mol. The smallest absolute Gasteiger partial charge is 0.0503 e. The van der Waals surface area contributed by atoms with Crippen molar-refractivity contribution in [3.05, 3.63) is 201 Å². The largest absolute Gasteiger partial charge is 0.310 e. The highest BCUT2D eigenvalue weighted by atomic mass is 79.9. The second-order valence-corrected chi connectivity index (χ2v) is 17.2. The molecule has 8 aromatic rings. The van der Waals surface area contributed by atoms with Gasteiger partial charge in [0.25, 0.3) is 0 Å². The number of benzene rings is 8. The molecule has 0 unspecified atom stereocenters. The van der Waals surface area contributed by atoms with Gasteiger partial charge >= 0.3 is 0 Å². The van der Waals surface area contributed by atoms with Crippen molar-refractivity contribution in [3.8, 4) is 0 Å². The summed E-state index contributed by atoms with van der Waals surface area (Å²) >= 11 is 7.35. The lowest BCUT2D eigenvalue weighted by atomic mass is 9.73. The van der Waals surface area contributed by atoms with E-state index in [-0.39, 0.29) is 10.8 Å². The van der Waals surface area contributed by atoms with Crippen LogP contribution in [0.2, 0.25) is 0 Å². The highest BCUT2D eigenvalue weighted by Crippen LogP contribution is 2.54. The number of anilines is 6. The van der Waals surface area contributed by atoms with Gasteiger partial charge in [0.2, 0.25) is 0 Å². The van der Waals surface area contributed by atoms with E-state index in [1.165, 1.54) is 77.9 Å². The lowest BCUT2D eigenvalue weighted by Gasteiger charge is -2.42. The normalized spacial score (nSPS) is 14.7. The zero-order chi connectivity index (χ0) is 37.2. The van der Waals surface area contributed by atoms with E-state index in [4.69, 9.17) is 0 Å². The van der Waals surface area contributed by atoms with E-state index in [1.807, 2.05) is 0 Å². The second kappa shape index (κ2) is 13.3. The van der Waals surface area contributed by atoms with E-state index in [9.17, 15) is 0 Å². The molecule has 0 bridgehead atoms. The molecule has 0 atom stereocenters. The summed E-state index contributed by atoms with van der Waals surface area (Å²) in [5, 5.41) is 5.05. The van der Waals surface area contributed by atoms with Crippen LogP contribution < -0.4 is 9.80 Å². The van der Waals surface area contributed by atoms with Crippen molar-refractivity contribution in [1.29, 1.82) is 0 Å². The van der Waals surface area contributed by atoms with Crippen LogP contribution in [0.15, 0.2) is 179 Å². The Morgan fingerprint density at radius 2 is 0.685 bits per heavy atom. The van der Waals surface area contributed by atoms with Crippen LogP contribution in [0.4, 0.5) is 34.1 Å². The monoisotopic (exact) mass is 826 g/mol. The molecular formula is C50H40Br2N2. The van der Waals surface area contributed by atoms with Crippen molar-refractivity contribution in [2.24, 2.45) is 0 Å². The van der Waals surface area contributed by atoms with E-state index in [0.29, 0.717) is 0 Å². The van der Waals surface area contributed by atoms with Crippen LogP contribution in [0.3, 0.4) is 0 Å². The van der Waals surface area contributed by atoms with E-state index in [2.05, 4.69) is 239 Å². The molecule has 0 saturated carbocycles. The average Bonchev–Trinajstić information content (AvgIpc) is 3.19. The molecule has 0 spiro atoms. The van der Waals surface area contributed by atoms with Crippen LogP contribution in [0.25, 0.3) is 21.5 Å². The molecule has 0 N–H and O–H groups in total. The minimum atomic E-state index is -0.0917. The maximum atomic E-state index is 3.68. The van der Waals surface area contributed by atoms with Crippen molar-refractivity contribution in [2.75, 3.05) is 9.80 Å². The van der Waals surface area contributed by atoms with Crippen LogP contribution in [0, 0.1) is 0 Å². The second-order valence-electron chi connectivity index (χ2n) is 15.3. The standard InChI is InChI=1S/C25H19Br2N.C25H21N/c1-25(2)21-14-18(26)8-11-23(21)28(24-12-9-19(27)15-22(24)25)20-10-7-16-5-3-4-6-17(16)13-20;1-25(2)21-11-5-7-13-23(21)26(24-14-8-6-12-22(24)25)20-16-15-18-9-3-4-10-19(18)17-20/h3-15H,1-2H3;3-17H,1-2H3. The van der Waals surface area contributed by atoms with Crippen molar-refractivity contribution in [3.63, 3.8) is 0 Å². The summed E-state index contributed by atoms with van der Waals surface area (Å²) in [6.07, 6.45) is 0. The quantitative estimate of drug-likeness (QED) is 0.171. The van der Waals surface area contributed by atoms with Gasteiger partial charge in [-0.25, -0.2) is 0 Å². The molecule has 0 saturated heterocycles. The molecule has 8 aromatic carbocycles. The molecule has 2 nitrogen and oxygen atoms in total. The van der Waals surface area contributed by atoms with Gasteiger partial charge in [0.1, 0.15) is 0 Å². The molecule has 0 amide bonds. The van der Waals surface area contributed by atoms with Gasteiger partial charge in [-0.15, -0.1) is 0 Å². The number of nitrogens with zero attached hydrogens (tertiary/aromatic N) is 2. The third-order valence-corrected chi connectivity index (χ3v) is 12.4. The van der Waals surface area contributed by atoms with Crippen LogP contribution in [0.5, 0.6) is 0 Å². The molecule has 4 heteroatoms. The Kier molecular flexibility index (Phi) is 8.52. The highest BCUT2D eigenvalue weighted by molar-refractivity contribution is 9.10. The van der Waals surface area contributed by atoms with Gasteiger partial charge < -0.3 is 9.80 Å². The first-order chi connectivity index (χ1) is 26.1. The summed E-state index contributed by atoms with van der Waals surface area (Å²) in [7, 11) is 0. The van der Waals surface area contributed by atoms with E-state index in [0.717, 1.165) is 8.95 Å². The van der Waals surface area contributed by atoms with Crippen molar-refractivity contribution >= 4 is 87.5 Å². The molecule has 0 radical (unpaired) electrons. The van der Waals surface area contributed by atoms with Gasteiger partial charge in [0.05, 0.1) is 22.7 Å². The molecule has 0 aromatic heterocycles. The molecule has 0 aliphatic carbocycles. The highest BCUT2D eigenvalue weighted by Gasteiger charge is 2.38. The summed E-state index contributed by atoms with van der Waals surface area (Å²) in [6.45, 7) is 9.26. The SMILES string of the molecule is CC1(C)c2cc(Br)ccc2N(c2ccc3ccccc3c2)c2ccc(Br)cc21.CC1(C)c2ccccc2N(c2ccc3ccccc3c2)c2ccccc21. The topological polar surface area (TPSA) is 6.48 Å². The zero-order valence-corrected chi connectivity index (χ0v) is 34.0. The maximum absolute atomic E-state index is 3.68. The Bertz CT molecular complexity index is 2620.